The summed E-state index contributed by atoms with van der Waals surface area (Å²) >= 11 is 4.90. The number of halogens is 1. The highest BCUT2D eigenvalue weighted by molar-refractivity contribution is 9.11. The summed E-state index contributed by atoms with van der Waals surface area (Å²) in [6.45, 7) is 6.09. The summed E-state index contributed by atoms with van der Waals surface area (Å²) < 4.78 is 6.32. The van der Waals surface area contributed by atoms with Crippen LogP contribution in [0.1, 0.15) is 34.7 Å². The van der Waals surface area contributed by atoms with Gasteiger partial charge in [0.2, 0.25) is 0 Å². The Hall–Kier alpha value is -0.650. The first-order valence-electron chi connectivity index (χ1n) is 5.35. The lowest BCUT2D eigenvalue weighted by atomic mass is 10.1. The molecule has 3 nitrogen and oxygen atoms in total. The fourth-order valence-electron chi connectivity index (χ4n) is 1.48. The second-order valence-electron chi connectivity index (χ2n) is 3.47. The van der Waals surface area contributed by atoms with Crippen LogP contribution >= 0.6 is 27.3 Å². The number of rotatable bonds is 6. The minimum absolute atomic E-state index is 0.0292. The van der Waals surface area contributed by atoms with Gasteiger partial charge in [-0.1, -0.05) is 13.0 Å². The van der Waals surface area contributed by atoms with E-state index >= 15 is 0 Å². The van der Waals surface area contributed by atoms with E-state index in [1.54, 1.807) is 13.2 Å². The molecule has 1 atom stereocenters. The molecule has 5 heteroatoms. The normalized spacial score (nSPS) is 12.2. The van der Waals surface area contributed by atoms with Crippen molar-refractivity contribution in [3.63, 3.8) is 0 Å². The molecule has 0 aliphatic heterocycles. The van der Waals surface area contributed by atoms with Crippen molar-refractivity contribution >= 4 is 33.2 Å². The van der Waals surface area contributed by atoms with Crippen molar-refractivity contribution in [2.45, 2.75) is 19.4 Å². The van der Waals surface area contributed by atoms with Crippen LogP contribution in [-0.4, -0.2) is 19.6 Å². The van der Waals surface area contributed by atoms with E-state index < -0.39 is 0 Å². The van der Waals surface area contributed by atoms with Gasteiger partial charge in [-0.3, -0.25) is 4.79 Å². The number of carbonyl (C=O) groups excluding carboxylic acids is 1. The molecule has 1 amide bonds. The predicted octanol–water partition coefficient (Wildman–Crippen LogP) is 3.52. The maximum atomic E-state index is 11.8. The van der Waals surface area contributed by atoms with Gasteiger partial charge in [-0.2, -0.15) is 0 Å². The zero-order chi connectivity index (χ0) is 12.8. The average Bonchev–Trinajstić information content (AvgIpc) is 2.70. The first-order valence-corrected chi connectivity index (χ1v) is 6.96. The minimum atomic E-state index is -0.0761. The number of ether oxygens (including phenoxy) is 1. The molecule has 0 spiro atoms. The molecule has 0 aromatic carbocycles. The van der Waals surface area contributed by atoms with E-state index in [4.69, 9.17) is 4.74 Å². The van der Waals surface area contributed by atoms with Gasteiger partial charge in [-0.15, -0.1) is 17.9 Å². The lowest BCUT2D eigenvalue weighted by Crippen LogP contribution is -2.22. The Kier molecular flexibility index (Phi) is 5.88. The van der Waals surface area contributed by atoms with E-state index in [9.17, 15) is 4.79 Å². The van der Waals surface area contributed by atoms with Gasteiger partial charge < -0.3 is 10.1 Å². The highest BCUT2D eigenvalue weighted by Gasteiger charge is 2.18. The van der Waals surface area contributed by atoms with Crippen molar-refractivity contribution in [3.05, 3.63) is 32.9 Å². The summed E-state index contributed by atoms with van der Waals surface area (Å²) in [5.41, 5.74) is 1.03. The van der Waals surface area contributed by atoms with Gasteiger partial charge in [-0.25, -0.2) is 0 Å². The van der Waals surface area contributed by atoms with Crippen molar-refractivity contribution in [1.29, 1.82) is 0 Å². The van der Waals surface area contributed by atoms with Crippen molar-refractivity contribution in [2.75, 3.05) is 13.7 Å². The van der Waals surface area contributed by atoms with E-state index in [0.29, 0.717) is 11.4 Å². The third-order valence-electron chi connectivity index (χ3n) is 2.35. The summed E-state index contributed by atoms with van der Waals surface area (Å²) in [4.78, 5) is 12.4. The van der Waals surface area contributed by atoms with Crippen LogP contribution in [0.4, 0.5) is 0 Å². The van der Waals surface area contributed by atoms with Crippen LogP contribution in [0.15, 0.2) is 22.5 Å². The summed E-state index contributed by atoms with van der Waals surface area (Å²) in [5.74, 6) is -0.0761. The number of amides is 1. The van der Waals surface area contributed by atoms with E-state index in [-0.39, 0.29) is 12.0 Å². The fourth-order valence-corrected chi connectivity index (χ4v) is 3.22. The third-order valence-corrected chi connectivity index (χ3v) is 4.23. The number of carbonyl (C=O) groups is 1. The summed E-state index contributed by atoms with van der Waals surface area (Å²) in [7, 11) is 1.68. The molecule has 94 valence electrons. The number of nitrogens with one attached hydrogen (secondary N) is 1. The Balaban J connectivity index is 2.87. The molecular weight excluding hydrogens is 302 g/mol. The van der Waals surface area contributed by atoms with Gasteiger partial charge in [0.15, 0.2) is 0 Å². The zero-order valence-electron chi connectivity index (χ0n) is 9.96. The van der Waals surface area contributed by atoms with Crippen LogP contribution < -0.4 is 5.32 Å². The highest BCUT2D eigenvalue weighted by atomic mass is 79.9. The molecule has 0 aliphatic carbocycles. The first-order chi connectivity index (χ1) is 8.13. The molecule has 17 heavy (non-hydrogen) atoms. The predicted molar refractivity (Wildman–Crippen MR) is 74.6 cm³/mol. The second kappa shape index (κ2) is 6.93. The Labute approximate surface area is 114 Å². The summed E-state index contributed by atoms with van der Waals surface area (Å²) in [5, 5.41) is 2.76. The van der Waals surface area contributed by atoms with Crippen LogP contribution in [0.5, 0.6) is 0 Å². The molecular formula is C12H16BrNO2S. The van der Waals surface area contributed by atoms with Crippen LogP contribution in [0, 0.1) is 0 Å². The van der Waals surface area contributed by atoms with Crippen LogP contribution in [0.2, 0.25) is 0 Å². The standard InChI is InChI=1S/C12H16BrNO2S/c1-4-6-14-12(15)10-7-8(11(13)17-10)9(5-2)16-3/h4,7,9H,1,5-6H2,2-3H3,(H,14,15)/t9-/m1/s1. The molecule has 0 unspecified atom stereocenters. The van der Waals surface area contributed by atoms with Crippen molar-refractivity contribution in [3.8, 4) is 0 Å². The topological polar surface area (TPSA) is 38.3 Å². The minimum Gasteiger partial charge on any atom is -0.377 e. The van der Waals surface area contributed by atoms with E-state index in [0.717, 1.165) is 15.8 Å². The van der Waals surface area contributed by atoms with Crippen molar-refractivity contribution < 1.29 is 9.53 Å². The molecule has 0 saturated heterocycles. The first kappa shape index (κ1) is 14.4. The van der Waals surface area contributed by atoms with E-state index in [1.807, 2.05) is 6.07 Å². The molecule has 1 aromatic heterocycles. The lowest BCUT2D eigenvalue weighted by molar-refractivity contribution is 0.0957. The van der Waals surface area contributed by atoms with Crippen LogP contribution in [-0.2, 0) is 4.74 Å². The maximum Gasteiger partial charge on any atom is 0.261 e. The van der Waals surface area contributed by atoms with E-state index in [1.165, 1.54) is 11.3 Å². The van der Waals surface area contributed by atoms with Gasteiger partial charge in [0.1, 0.15) is 0 Å². The molecule has 0 saturated carbocycles. The molecule has 1 N–H and O–H groups in total. The molecule has 0 bridgehead atoms. The van der Waals surface area contributed by atoms with Gasteiger partial charge in [0.05, 0.1) is 14.8 Å². The van der Waals surface area contributed by atoms with Crippen molar-refractivity contribution in [1.82, 2.24) is 5.32 Å². The van der Waals surface area contributed by atoms with Gasteiger partial charge in [0.25, 0.3) is 5.91 Å². The number of hydrogen-bond acceptors (Lipinski definition) is 3. The summed E-state index contributed by atoms with van der Waals surface area (Å²) in [6.07, 6.45) is 2.56. The highest BCUT2D eigenvalue weighted by Crippen LogP contribution is 2.35. The molecule has 0 aliphatic rings. The third kappa shape index (κ3) is 3.66. The molecule has 1 aromatic rings. The van der Waals surface area contributed by atoms with Crippen molar-refractivity contribution in [2.24, 2.45) is 0 Å². The average molecular weight is 318 g/mol. The van der Waals surface area contributed by atoms with E-state index in [2.05, 4.69) is 34.7 Å². The lowest BCUT2D eigenvalue weighted by Gasteiger charge is -2.11. The van der Waals surface area contributed by atoms with Crippen LogP contribution in [0.3, 0.4) is 0 Å². The zero-order valence-corrected chi connectivity index (χ0v) is 12.4. The monoisotopic (exact) mass is 317 g/mol. The molecule has 0 radical (unpaired) electrons. The molecule has 1 heterocycles. The Bertz CT molecular complexity index is 399. The Morgan fingerprint density at radius 3 is 3.00 bits per heavy atom. The largest absolute Gasteiger partial charge is 0.377 e. The van der Waals surface area contributed by atoms with Crippen LogP contribution in [0.25, 0.3) is 0 Å². The molecule has 1 rings (SSSR count). The van der Waals surface area contributed by atoms with Gasteiger partial charge in [0, 0.05) is 19.2 Å². The smallest absolute Gasteiger partial charge is 0.261 e. The maximum absolute atomic E-state index is 11.8. The number of thiophene rings is 1. The second-order valence-corrected chi connectivity index (χ2v) is 5.84. The Morgan fingerprint density at radius 1 is 1.76 bits per heavy atom. The summed E-state index contributed by atoms with van der Waals surface area (Å²) in [6, 6.07) is 1.88. The number of methoxy groups -OCH3 is 1. The fraction of sp³-hybridized carbons (Fsp3) is 0.417. The quantitative estimate of drug-likeness (QED) is 0.815. The SMILES string of the molecule is C=CCNC(=O)c1cc([C@@H](CC)OC)c(Br)s1. The Morgan fingerprint density at radius 2 is 2.47 bits per heavy atom. The number of hydrogen-bond donors (Lipinski definition) is 1. The van der Waals surface area contributed by atoms with Gasteiger partial charge in [-0.05, 0) is 28.4 Å². The van der Waals surface area contributed by atoms with Gasteiger partial charge >= 0.3 is 0 Å². The molecule has 0 fully saturated rings.